The van der Waals surface area contributed by atoms with Gasteiger partial charge < -0.3 is 10.1 Å². The molecule has 0 bridgehead atoms. The average Bonchev–Trinajstić information content (AvgIpc) is 2.72. The van der Waals surface area contributed by atoms with Crippen LogP contribution in [0.5, 0.6) is 0 Å². The summed E-state index contributed by atoms with van der Waals surface area (Å²) in [5, 5.41) is 6.55. The number of aryl methyl sites for hydroxylation is 1. The van der Waals surface area contributed by atoms with E-state index in [4.69, 9.17) is 4.74 Å². The van der Waals surface area contributed by atoms with Crippen molar-refractivity contribution < 1.29 is 4.74 Å². The van der Waals surface area contributed by atoms with Gasteiger partial charge in [-0.15, -0.1) is 11.3 Å². The lowest BCUT2D eigenvalue weighted by Gasteiger charge is -2.24. The van der Waals surface area contributed by atoms with Crippen molar-refractivity contribution in [2.75, 3.05) is 25.6 Å². The second kappa shape index (κ2) is 6.21. The first-order chi connectivity index (χ1) is 7.57. The van der Waals surface area contributed by atoms with Crippen molar-refractivity contribution in [3.05, 3.63) is 11.1 Å². The van der Waals surface area contributed by atoms with Crippen molar-refractivity contribution in [1.29, 1.82) is 0 Å². The monoisotopic (exact) mass is 242 g/mol. The summed E-state index contributed by atoms with van der Waals surface area (Å²) < 4.78 is 5.11. The van der Waals surface area contributed by atoms with Crippen LogP contribution in [-0.2, 0) is 11.2 Å². The topological polar surface area (TPSA) is 34.1 Å². The summed E-state index contributed by atoms with van der Waals surface area (Å²) in [4.78, 5) is 4.49. The Morgan fingerprint density at radius 1 is 1.50 bits per heavy atom. The van der Waals surface area contributed by atoms with Crippen molar-refractivity contribution >= 4 is 16.5 Å². The molecule has 0 unspecified atom stereocenters. The van der Waals surface area contributed by atoms with Crippen LogP contribution in [0.15, 0.2) is 5.38 Å². The van der Waals surface area contributed by atoms with E-state index in [1.54, 1.807) is 18.4 Å². The van der Waals surface area contributed by atoms with Crippen molar-refractivity contribution in [3.8, 4) is 0 Å². The van der Waals surface area contributed by atoms with Gasteiger partial charge in [0.15, 0.2) is 5.13 Å². The minimum absolute atomic E-state index is 0.244. The van der Waals surface area contributed by atoms with Gasteiger partial charge in [-0.05, 0) is 18.3 Å². The van der Waals surface area contributed by atoms with Gasteiger partial charge in [-0.2, -0.15) is 0 Å². The van der Waals surface area contributed by atoms with Crippen LogP contribution in [0.3, 0.4) is 0 Å². The fourth-order valence-corrected chi connectivity index (χ4v) is 2.12. The van der Waals surface area contributed by atoms with Gasteiger partial charge in [-0.3, -0.25) is 0 Å². The van der Waals surface area contributed by atoms with Gasteiger partial charge in [-0.25, -0.2) is 4.98 Å². The molecule has 0 saturated heterocycles. The molecule has 1 N–H and O–H groups in total. The highest BCUT2D eigenvalue weighted by Gasteiger charge is 2.17. The third-order valence-electron chi connectivity index (χ3n) is 2.62. The Balaban J connectivity index is 2.37. The van der Waals surface area contributed by atoms with Crippen LogP contribution in [0.25, 0.3) is 0 Å². The minimum atomic E-state index is 0.244. The second-order valence-corrected chi connectivity index (χ2v) is 5.62. The van der Waals surface area contributed by atoms with Gasteiger partial charge >= 0.3 is 0 Å². The van der Waals surface area contributed by atoms with Crippen molar-refractivity contribution in [2.45, 2.75) is 33.6 Å². The Labute approximate surface area is 102 Å². The van der Waals surface area contributed by atoms with Gasteiger partial charge in [0.05, 0.1) is 5.69 Å². The highest BCUT2D eigenvalue weighted by molar-refractivity contribution is 7.13. The van der Waals surface area contributed by atoms with Crippen LogP contribution >= 0.6 is 11.3 Å². The van der Waals surface area contributed by atoms with E-state index in [-0.39, 0.29) is 5.41 Å². The lowest BCUT2D eigenvalue weighted by atomic mass is 9.90. The molecule has 0 saturated carbocycles. The largest absolute Gasteiger partial charge is 0.385 e. The first kappa shape index (κ1) is 13.5. The number of hydrogen-bond donors (Lipinski definition) is 1. The lowest BCUT2D eigenvalue weighted by Crippen LogP contribution is -2.24. The van der Waals surface area contributed by atoms with Crippen LogP contribution in [-0.4, -0.2) is 25.2 Å². The number of aromatic nitrogens is 1. The second-order valence-electron chi connectivity index (χ2n) is 4.76. The fraction of sp³-hybridized carbons (Fsp3) is 0.750. The maximum atomic E-state index is 5.11. The molecule has 0 amide bonds. The molecule has 1 aromatic heterocycles. The number of hydrogen-bond acceptors (Lipinski definition) is 4. The molecular formula is C12H22N2OS. The molecule has 0 atom stereocenters. The molecule has 4 heteroatoms. The summed E-state index contributed by atoms with van der Waals surface area (Å²) in [6.07, 6.45) is 2.06. The molecule has 1 aromatic rings. The molecule has 3 nitrogen and oxygen atoms in total. The molecule has 0 aromatic carbocycles. The quantitative estimate of drug-likeness (QED) is 0.797. The van der Waals surface area contributed by atoms with Gasteiger partial charge in [0.2, 0.25) is 0 Å². The molecule has 1 heterocycles. The van der Waals surface area contributed by atoms with Crippen LogP contribution in [0.4, 0.5) is 5.13 Å². The van der Waals surface area contributed by atoms with Gasteiger partial charge in [0, 0.05) is 25.6 Å². The van der Waals surface area contributed by atoms with E-state index in [0.29, 0.717) is 0 Å². The predicted octanol–water partition coefficient (Wildman–Crippen LogP) is 3.18. The summed E-state index contributed by atoms with van der Waals surface area (Å²) >= 11 is 1.69. The summed E-state index contributed by atoms with van der Waals surface area (Å²) in [5.74, 6) is 0. The van der Waals surface area contributed by atoms with E-state index in [9.17, 15) is 0 Å². The number of ether oxygens (including phenoxy) is 1. The Kier molecular flexibility index (Phi) is 5.22. The summed E-state index contributed by atoms with van der Waals surface area (Å²) in [5.41, 5.74) is 1.41. The normalized spacial score (nSPS) is 11.8. The Bertz CT molecular complexity index is 310. The number of anilines is 1. The maximum absolute atomic E-state index is 5.11. The molecule has 0 aliphatic heterocycles. The van der Waals surface area contributed by atoms with Crippen molar-refractivity contribution in [2.24, 2.45) is 5.41 Å². The van der Waals surface area contributed by atoms with Crippen LogP contribution < -0.4 is 5.32 Å². The van der Waals surface area contributed by atoms with E-state index >= 15 is 0 Å². The highest BCUT2D eigenvalue weighted by atomic mass is 32.1. The SMILES string of the molecule is CCc1csc(NCC(C)(C)CCOC)n1. The van der Waals surface area contributed by atoms with Gasteiger partial charge in [-0.1, -0.05) is 20.8 Å². The summed E-state index contributed by atoms with van der Waals surface area (Å²) in [6.45, 7) is 8.36. The molecule has 0 aliphatic carbocycles. The van der Waals surface area contributed by atoms with Gasteiger partial charge in [0.1, 0.15) is 0 Å². The van der Waals surface area contributed by atoms with Crippen LogP contribution in [0.1, 0.15) is 32.9 Å². The average molecular weight is 242 g/mol. The zero-order chi connectivity index (χ0) is 12.0. The van der Waals surface area contributed by atoms with Crippen molar-refractivity contribution in [1.82, 2.24) is 4.98 Å². The number of nitrogens with one attached hydrogen (secondary N) is 1. The van der Waals surface area contributed by atoms with Crippen LogP contribution in [0, 0.1) is 5.41 Å². The van der Waals surface area contributed by atoms with Gasteiger partial charge in [0.25, 0.3) is 0 Å². The Hall–Kier alpha value is -0.610. The molecule has 0 spiro atoms. The number of nitrogens with zero attached hydrogens (tertiary/aromatic N) is 1. The standard InChI is InChI=1S/C12H22N2OS/c1-5-10-8-16-11(14-10)13-9-12(2,3)6-7-15-4/h8H,5-7,9H2,1-4H3,(H,13,14). The maximum Gasteiger partial charge on any atom is 0.182 e. The molecule has 0 radical (unpaired) electrons. The number of methoxy groups -OCH3 is 1. The zero-order valence-corrected chi connectivity index (χ0v) is 11.5. The Morgan fingerprint density at radius 3 is 2.81 bits per heavy atom. The molecule has 92 valence electrons. The molecular weight excluding hydrogens is 220 g/mol. The third-order valence-corrected chi connectivity index (χ3v) is 3.46. The molecule has 0 fully saturated rings. The van der Waals surface area contributed by atoms with E-state index in [0.717, 1.165) is 31.1 Å². The van der Waals surface area contributed by atoms with E-state index in [2.05, 4.69) is 36.5 Å². The number of rotatable bonds is 7. The summed E-state index contributed by atoms with van der Waals surface area (Å²) in [7, 11) is 1.75. The summed E-state index contributed by atoms with van der Waals surface area (Å²) in [6, 6.07) is 0. The van der Waals surface area contributed by atoms with E-state index in [1.165, 1.54) is 5.69 Å². The van der Waals surface area contributed by atoms with E-state index in [1.807, 2.05) is 0 Å². The molecule has 16 heavy (non-hydrogen) atoms. The molecule has 0 aliphatic rings. The third kappa shape index (κ3) is 4.49. The Morgan fingerprint density at radius 2 is 2.25 bits per heavy atom. The smallest absolute Gasteiger partial charge is 0.182 e. The first-order valence-electron chi connectivity index (χ1n) is 5.74. The minimum Gasteiger partial charge on any atom is -0.385 e. The van der Waals surface area contributed by atoms with Crippen molar-refractivity contribution in [3.63, 3.8) is 0 Å². The lowest BCUT2D eigenvalue weighted by molar-refractivity contribution is 0.157. The molecule has 1 rings (SSSR count). The zero-order valence-electron chi connectivity index (χ0n) is 10.7. The van der Waals surface area contributed by atoms with Crippen LogP contribution in [0.2, 0.25) is 0 Å². The highest BCUT2D eigenvalue weighted by Crippen LogP contribution is 2.23. The fourth-order valence-electron chi connectivity index (χ4n) is 1.33. The predicted molar refractivity (Wildman–Crippen MR) is 70.3 cm³/mol. The first-order valence-corrected chi connectivity index (χ1v) is 6.62. The number of thiazole rings is 1. The van der Waals surface area contributed by atoms with E-state index < -0.39 is 0 Å².